The molecule has 0 spiro atoms. The summed E-state index contributed by atoms with van der Waals surface area (Å²) in [4.78, 5) is 16.4. The molecule has 0 aromatic rings. The van der Waals surface area contributed by atoms with Crippen LogP contribution in [0.2, 0.25) is 0 Å². The highest BCUT2D eigenvalue weighted by Gasteiger charge is 2.28. The molecule has 1 fully saturated rings. The van der Waals surface area contributed by atoms with Gasteiger partial charge in [0.1, 0.15) is 0 Å². The maximum Gasteiger partial charge on any atom is 0.239 e. The molecule has 0 saturated carbocycles. The van der Waals surface area contributed by atoms with Gasteiger partial charge in [0.05, 0.1) is 6.04 Å². The van der Waals surface area contributed by atoms with Crippen LogP contribution in [-0.4, -0.2) is 61.0 Å². The van der Waals surface area contributed by atoms with Gasteiger partial charge in [-0.05, 0) is 47.2 Å². The number of nitrogens with one attached hydrogen (secondary N) is 1. The monoisotopic (exact) mass is 277 g/mol. The second-order valence-electron chi connectivity index (χ2n) is 5.34. The van der Waals surface area contributed by atoms with Gasteiger partial charge in [0, 0.05) is 25.7 Å². The molecule has 18 heavy (non-hydrogen) atoms. The molecule has 2 atom stereocenters. The highest BCUT2D eigenvalue weighted by molar-refractivity contribution is 5.85. The molecule has 108 valence electrons. The lowest BCUT2D eigenvalue weighted by atomic mass is 10.0. The van der Waals surface area contributed by atoms with Gasteiger partial charge >= 0.3 is 0 Å². The molecule has 1 N–H and O–H groups in total. The predicted molar refractivity (Wildman–Crippen MR) is 78.3 cm³/mol. The first-order valence-corrected chi connectivity index (χ1v) is 6.65. The normalized spacial score (nSPS) is 22.4. The summed E-state index contributed by atoms with van der Waals surface area (Å²) in [5.41, 5.74) is 0. The van der Waals surface area contributed by atoms with Crippen LogP contribution in [0.4, 0.5) is 0 Å². The van der Waals surface area contributed by atoms with Crippen molar-refractivity contribution >= 4 is 18.3 Å². The summed E-state index contributed by atoms with van der Waals surface area (Å²) in [7, 11) is 3.89. The molecule has 0 radical (unpaired) electrons. The topological polar surface area (TPSA) is 35.6 Å². The summed E-state index contributed by atoms with van der Waals surface area (Å²) in [6.07, 6.45) is 2.39. The quantitative estimate of drug-likeness (QED) is 0.843. The molecule has 1 amide bonds. The second kappa shape index (κ2) is 7.97. The lowest BCUT2D eigenvalue weighted by Crippen LogP contribution is -2.53. The summed E-state index contributed by atoms with van der Waals surface area (Å²) in [5.74, 6) is 0.233. The van der Waals surface area contributed by atoms with Gasteiger partial charge in [0.2, 0.25) is 5.91 Å². The summed E-state index contributed by atoms with van der Waals surface area (Å²) >= 11 is 0. The SMILES string of the molecule is CNC1CCCN(C(C)C(=O)N(C)C(C)C)C1.Cl. The molecular formula is C13H28ClN3O. The third-order valence-electron chi connectivity index (χ3n) is 3.89. The van der Waals surface area contributed by atoms with Crippen molar-refractivity contribution in [1.29, 1.82) is 0 Å². The summed E-state index contributed by atoms with van der Waals surface area (Å²) < 4.78 is 0. The predicted octanol–water partition coefficient (Wildman–Crippen LogP) is 1.35. The first-order valence-electron chi connectivity index (χ1n) is 6.65. The van der Waals surface area contributed by atoms with Gasteiger partial charge in [-0.1, -0.05) is 0 Å². The highest BCUT2D eigenvalue weighted by Crippen LogP contribution is 2.14. The minimum absolute atomic E-state index is 0. The van der Waals surface area contributed by atoms with E-state index in [1.807, 2.05) is 25.9 Å². The maximum absolute atomic E-state index is 12.2. The summed E-state index contributed by atoms with van der Waals surface area (Å²) in [6.45, 7) is 8.15. The van der Waals surface area contributed by atoms with E-state index in [4.69, 9.17) is 0 Å². The Morgan fingerprint density at radius 3 is 2.50 bits per heavy atom. The standard InChI is InChI=1S/C13H27N3O.ClH/c1-10(2)15(5)13(17)11(3)16-8-6-7-12(9-16)14-4;/h10-12,14H,6-9H2,1-5H3;1H. The fraction of sp³-hybridized carbons (Fsp3) is 0.923. The van der Waals surface area contributed by atoms with Crippen LogP contribution in [0.15, 0.2) is 0 Å². The Morgan fingerprint density at radius 2 is 2.00 bits per heavy atom. The van der Waals surface area contributed by atoms with E-state index >= 15 is 0 Å². The number of likely N-dealkylation sites (tertiary alicyclic amines) is 1. The Hall–Kier alpha value is -0.320. The van der Waals surface area contributed by atoms with Crippen molar-refractivity contribution < 1.29 is 4.79 Å². The molecule has 1 saturated heterocycles. The number of rotatable bonds is 4. The lowest BCUT2D eigenvalue weighted by Gasteiger charge is -2.38. The van der Waals surface area contributed by atoms with Gasteiger partial charge in [-0.3, -0.25) is 9.69 Å². The maximum atomic E-state index is 12.2. The van der Waals surface area contributed by atoms with Crippen molar-refractivity contribution in [3.8, 4) is 0 Å². The van der Waals surface area contributed by atoms with Gasteiger partial charge in [-0.15, -0.1) is 12.4 Å². The van der Waals surface area contributed by atoms with E-state index < -0.39 is 0 Å². The number of carbonyl (C=O) groups is 1. The van der Waals surface area contributed by atoms with E-state index in [9.17, 15) is 4.79 Å². The number of halogens is 1. The molecule has 1 aliphatic heterocycles. The van der Waals surface area contributed by atoms with Crippen molar-refractivity contribution in [2.75, 3.05) is 27.2 Å². The zero-order chi connectivity index (χ0) is 13.0. The average Bonchev–Trinajstić information content (AvgIpc) is 2.36. The van der Waals surface area contributed by atoms with Crippen LogP contribution in [0.25, 0.3) is 0 Å². The minimum Gasteiger partial charge on any atom is -0.342 e. The van der Waals surface area contributed by atoms with Crippen LogP contribution < -0.4 is 5.32 Å². The number of piperidine rings is 1. The van der Waals surface area contributed by atoms with E-state index in [2.05, 4.69) is 24.1 Å². The van der Waals surface area contributed by atoms with E-state index in [0.717, 1.165) is 13.1 Å². The van der Waals surface area contributed by atoms with E-state index in [1.165, 1.54) is 12.8 Å². The third kappa shape index (κ3) is 4.41. The Morgan fingerprint density at radius 1 is 1.39 bits per heavy atom. The molecule has 1 aliphatic rings. The van der Waals surface area contributed by atoms with Crippen molar-refractivity contribution in [2.24, 2.45) is 0 Å². The third-order valence-corrected chi connectivity index (χ3v) is 3.89. The smallest absolute Gasteiger partial charge is 0.239 e. The van der Waals surface area contributed by atoms with Gasteiger partial charge in [0.25, 0.3) is 0 Å². The number of amides is 1. The average molecular weight is 278 g/mol. The molecule has 0 aromatic heterocycles. The highest BCUT2D eigenvalue weighted by atomic mass is 35.5. The van der Waals surface area contributed by atoms with Gasteiger partial charge in [-0.25, -0.2) is 0 Å². The first kappa shape index (κ1) is 17.7. The fourth-order valence-corrected chi connectivity index (χ4v) is 2.30. The number of nitrogens with zero attached hydrogens (tertiary/aromatic N) is 2. The molecule has 1 heterocycles. The number of likely N-dealkylation sites (N-methyl/N-ethyl adjacent to an activating group) is 2. The van der Waals surface area contributed by atoms with Crippen molar-refractivity contribution in [3.63, 3.8) is 0 Å². The Kier molecular flexibility index (Phi) is 7.83. The van der Waals surface area contributed by atoms with Crippen LogP contribution in [-0.2, 0) is 4.79 Å². The molecule has 2 unspecified atom stereocenters. The second-order valence-corrected chi connectivity index (χ2v) is 5.34. The molecule has 4 nitrogen and oxygen atoms in total. The first-order chi connectivity index (χ1) is 7.97. The fourth-order valence-electron chi connectivity index (χ4n) is 2.30. The zero-order valence-corrected chi connectivity index (χ0v) is 13.1. The van der Waals surface area contributed by atoms with Crippen LogP contribution >= 0.6 is 12.4 Å². The number of hydrogen-bond donors (Lipinski definition) is 1. The molecule has 0 bridgehead atoms. The van der Waals surface area contributed by atoms with Crippen molar-refractivity contribution in [3.05, 3.63) is 0 Å². The molecule has 0 aromatic carbocycles. The lowest BCUT2D eigenvalue weighted by molar-refractivity contribution is -0.137. The number of hydrogen-bond acceptors (Lipinski definition) is 3. The summed E-state index contributed by atoms with van der Waals surface area (Å²) in [5, 5.41) is 3.31. The molecular weight excluding hydrogens is 250 g/mol. The van der Waals surface area contributed by atoms with Crippen LogP contribution in [0.5, 0.6) is 0 Å². The minimum atomic E-state index is -0.00134. The number of carbonyl (C=O) groups excluding carboxylic acids is 1. The van der Waals surface area contributed by atoms with Crippen molar-refractivity contribution in [2.45, 2.75) is 51.7 Å². The Balaban J connectivity index is 0.00000289. The molecule has 0 aliphatic carbocycles. The van der Waals surface area contributed by atoms with E-state index in [-0.39, 0.29) is 30.4 Å². The Labute approximate surface area is 117 Å². The van der Waals surface area contributed by atoms with Gasteiger partial charge in [0.15, 0.2) is 0 Å². The molecule has 5 heteroatoms. The van der Waals surface area contributed by atoms with Gasteiger partial charge < -0.3 is 10.2 Å². The van der Waals surface area contributed by atoms with Crippen molar-refractivity contribution in [1.82, 2.24) is 15.1 Å². The zero-order valence-electron chi connectivity index (χ0n) is 12.3. The Bertz CT molecular complexity index is 261. The van der Waals surface area contributed by atoms with Gasteiger partial charge in [-0.2, -0.15) is 0 Å². The van der Waals surface area contributed by atoms with Crippen LogP contribution in [0.1, 0.15) is 33.6 Å². The van der Waals surface area contributed by atoms with Crippen LogP contribution in [0.3, 0.4) is 0 Å². The molecule has 1 rings (SSSR count). The largest absolute Gasteiger partial charge is 0.342 e. The van der Waals surface area contributed by atoms with Crippen LogP contribution in [0, 0.1) is 0 Å². The van der Waals surface area contributed by atoms with E-state index in [0.29, 0.717) is 6.04 Å². The summed E-state index contributed by atoms with van der Waals surface area (Å²) in [6, 6.07) is 0.803. The van der Waals surface area contributed by atoms with E-state index in [1.54, 1.807) is 0 Å².